The number of unbranched alkanes of at least 4 members (excludes halogenated alkanes) is 1. The maximum absolute atomic E-state index is 10.6. The number of hydrogen-bond acceptors (Lipinski definition) is 3. The number of hydrogen-bond donors (Lipinski definition) is 1. The molecule has 0 aliphatic rings. The Bertz CT molecular complexity index is 147. The van der Waals surface area contributed by atoms with Crippen LogP contribution in [0.1, 0.15) is 26.7 Å². The Morgan fingerprint density at radius 2 is 2.15 bits per heavy atom. The Hall–Kier alpha value is -0.610. The van der Waals surface area contributed by atoms with Crippen LogP contribution >= 0.6 is 0 Å². The topological polar surface area (TPSA) is 55.8 Å². The maximum Gasteiger partial charge on any atom is 0.335 e. The number of carbonyl (C=O) groups is 1. The molecule has 0 saturated heterocycles. The van der Waals surface area contributed by atoms with Gasteiger partial charge in [-0.3, -0.25) is 0 Å². The molecule has 0 amide bonds. The van der Waals surface area contributed by atoms with Gasteiger partial charge in [-0.2, -0.15) is 0 Å². The van der Waals surface area contributed by atoms with Crippen LogP contribution in [0.4, 0.5) is 0 Å². The van der Waals surface area contributed by atoms with Crippen LogP contribution in [0.25, 0.3) is 0 Å². The molecule has 1 N–H and O–H groups in total. The number of aliphatic carboxylic acids is 1. The highest BCUT2D eigenvalue weighted by Crippen LogP contribution is 2.04. The molecule has 0 bridgehead atoms. The van der Waals surface area contributed by atoms with Gasteiger partial charge < -0.3 is 14.6 Å². The van der Waals surface area contributed by atoms with Crippen molar-refractivity contribution in [3.05, 3.63) is 0 Å². The van der Waals surface area contributed by atoms with Crippen LogP contribution in [0, 0.1) is 0 Å². The van der Waals surface area contributed by atoms with E-state index in [9.17, 15) is 4.79 Å². The van der Waals surface area contributed by atoms with Crippen LogP contribution in [0.5, 0.6) is 0 Å². The molecule has 0 rings (SSSR count). The monoisotopic (exact) mass is 190 g/mol. The fraction of sp³-hybridized carbons (Fsp3) is 0.889. The third-order valence-electron chi connectivity index (χ3n) is 1.80. The lowest BCUT2D eigenvalue weighted by Gasteiger charge is -2.18. The van der Waals surface area contributed by atoms with Crippen molar-refractivity contribution in [1.82, 2.24) is 0 Å². The van der Waals surface area contributed by atoms with E-state index < -0.39 is 18.2 Å². The zero-order valence-corrected chi connectivity index (χ0v) is 8.45. The van der Waals surface area contributed by atoms with Crippen molar-refractivity contribution in [2.24, 2.45) is 0 Å². The van der Waals surface area contributed by atoms with Gasteiger partial charge in [-0.15, -0.1) is 0 Å². The Morgan fingerprint density at radius 3 is 2.54 bits per heavy atom. The highest BCUT2D eigenvalue weighted by molar-refractivity contribution is 5.73. The van der Waals surface area contributed by atoms with Gasteiger partial charge in [-0.1, -0.05) is 13.3 Å². The maximum atomic E-state index is 10.6. The molecule has 0 fully saturated rings. The van der Waals surface area contributed by atoms with Crippen molar-refractivity contribution in [2.75, 3.05) is 13.7 Å². The third kappa shape index (κ3) is 4.85. The molecule has 0 aliphatic heterocycles. The molecule has 2 atom stereocenters. The average Bonchev–Trinajstić information content (AvgIpc) is 2.05. The van der Waals surface area contributed by atoms with Gasteiger partial charge in [-0.25, -0.2) is 4.79 Å². The van der Waals surface area contributed by atoms with E-state index in [0.717, 1.165) is 12.8 Å². The van der Waals surface area contributed by atoms with Crippen molar-refractivity contribution < 1.29 is 19.4 Å². The van der Waals surface area contributed by atoms with E-state index in [0.29, 0.717) is 6.61 Å². The second-order valence-corrected chi connectivity index (χ2v) is 2.92. The van der Waals surface area contributed by atoms with E-state index in [1.54, 1.807) is 6.92 Å². The third-order valence-corrected chi connectivity index (χ3v) is 1.80. The average molecular weight is 190 g/mol. The Morgan fingerprint density at radius 1 is 1.54 bits per heavy atom. The van der Waals surface area contributed by atoms with Crippen LogP contribution in [0.2, 0.25) is 0 Å². The van der Waals surface area contributed by atoms with Gasteiger partial charge in [0.1, 0.15) is 0 Å². The number of carboxylic acids is 1. The Labute approximate surface area is 78.8 Å². The fourth-order valence-electron chi connectivity index (χ4n) is 0.994. The standard InChI is InChI=1S/C9H18O4/c1-4-5-6-13-7(2)8(12-3)9(10)11/h7-8H,4-6H2,1-3H3,(H,10,11). The summed E-state index contributed by atoms with van der Waals surface area (Å²) in [7, 11) is 1.37. The van der Waals surface area contributed by atoms with Crippen LogP contribution in [0.15, 0.2) is 0 Å². The van der Waals surface area contributed by atoms with Crippen LogP contribution in [0.3, 0.4) is 0 Å². The molecule has 13 heavy (non-hydrogen) atoms. The summed E-state index contributed by atoms with van der Waals surface area (Å²) in [6, 6.07) is 0. The second-order valence-electron chi connectivity index (χ2n) is 2.92. The fourth-order valence-corrected chi connectivity index (χ4v) is 0.994. The Kier molecular flexibility index (Phi) is 6.54. The molecule has 4 heteroatoms. The summed E-state index contributed by atoms with van der Waals surface area (Å²) in [6.45, 7) is 4.35. The molecular formula is C9H18O4. The minimum absolute atomic E-state index is 0.394. The SMILES string of the molecule is CCCCOC(C)C(OC)C(=O)O. The van der Waals surface area contributed by atoms with E-state index in [2.05, 4.69) is 6.92 Å². The quantitative estimate of drug-likeness (QED) is 0.614. The molecule has 0 aliphatic carbocycles. The number of ether oxygens (including phenoxy) is 2. The first-order chi connectivity index (χ1) is 6.13. The van der Waals surface area contributed by atoms with Crippen LogP contribution in [-0.2, 0) is 14.3 Å². The van der Waals surface area contributed by atoms with Crippen molar-refractivity contribution >= 4 is 5.97 Å². The first-order valence-electron chi connectivity index (χ1n) is 4.50. The second kappa shape index (κ2) is 6.86. The summed E-state index contributed by atoms with van der Waals surface area (Å²) < 4.78 is 10.1. The van der Waals surface area contributed by atoms with Crippen molar-refractivity contribution in [3.8, 4) is 0 Å². The summed E-state index contributed by atoms with van der Waals surface area (Å²) in [5.41, 5.74) is 0. The van der Waals surface area contributed by atoms with E-state index in [1.165, 1.54) is 7.11 Å². The zero-order valence-electron chi connectivity index (χ0n) is 8.45. The van der Waals surface area contributed by atoms with E-state index in [1.807, 2.05) is 0 Å². The summed E-state index contributed by atoms with van der Waals surface area (Å²) in [5, 5.41) is 8.70. The molecule has 0 aromatic heterocycles. The molecule has 0 aromatic rings. The molecule has 78 valence electrons. The van der Waals surface area contributed by atoms with Gasteiger partial charge >= 0.3 is 5.97 Å². The first kappa shape index (κ1) is 12.4. The Balaban J connectivity index is 3.77. The number of carboxylic acid groups (broad SMARTS) is 1. The lowest BCUT2D eigenvalue weighted by atomic mass is 10.2. The van der Waals surface area contributed by atoms with Gasteiger partial charge in [0.05, 0.1) is 6.10 Å². The largest absolute Gasteiger partial charge is 0.479 e. The highest BCUT2D eigenvalue weighted by atomic mass is 16.5. The molecule has 2 unspecified atom stereocenters. The van der Waals surface area contributed by atoms with Crippen molar-refractivity contribution in [2.45, 2.75) is 38.9 Å². The number of methoxy groups -OCH3 is 1. The van der Waals surface area contributed by atoms with E-state index in [4.69, 9.17) is 14.6 Å². The number of rotatable bonds is 7. The summed E-state index contributed by atoms with van der Waals surface area (Å²) >= 11 is 0. The first-order valence-corrected chi connectivity index (χ1v) is 4.50. The van der Waals surface area contributed by atoms with Gasteiger partial charge in [0, 0.05) is 13.7 Å². The van der Waals surface area contributed by atoms with Gasteiger partial charge in [0.2, 0.25) is 0 Å². The van der Waals surface area contributed by atoms with Crippen molar-refractivity contribution in [1.29, 1.82) is 0 Å². The van der Waals surface area contributed by atoms with Gasteiger partial charge in [0.15, 0.2) is 6.10 Å². The molecule has 0 saturated carbocycles. The van der Waals surface area contributed by atoms with E-state index >= 15 is 0 Å². The molecule has 0 spiro atoms. The highest BCUT2D eigenvalue weighted by Gasteiger charge is 2.24. The normalized spacial score (nSPS) is 15.3. The van der Waals surface area contributed by atoms with E-state index in [-0.39, 0.29) is 0 Å². The predicted molar refractivity (Wildman–Crippen MR) is 48.8 cm³/mol. The minimum atomic E-state index is -0.980. The van der Waals surface area contributed by atoms with Crippen molar-refractivity contribution in [3.63, 3.8) is 0 Å². The summed E-state index contributed by atoms with van der Waals surface area (Å²) in [4.78, 5) is 10.6. The molecular weight excluding hydrogens is 172 g/mol. The van der Waals surface area contributed by atoms with Gasteiger partial charge in [-0.05, 0) is 13.3 Å². The van der Waals surface area contributed by atoms with Gasteiger partial charge in [0.25, 0.3) is 0 Å². The van der Waals surface area contributed by atoms with Crippen LogP contribution < -0.4 is 0 Å². The minimum Gasteiger partial charge on any atom is -0.479 e. The zero-order chi connectivity index (χ0) is 10.3. The smallest absolute Gasteiger partial charge is 0.335 e. The summed E-state index contributed by atoms with van der Waals surface area (Å²) in [6.07, 6.45) is 0.726. The molecule has 0 heterocycles. The predicted octanol–water partition coefficient (Wildman–Crippen LogP) is 1.29. The lowest BCUT2D eigenvalue weighted by molar-refractivity contribution is -0.157. The lowest BCUT2D eigenvalue weighted by Crippen LogP contribution is -2.35. The molecule has 0 aromatic carbocycles. The van der Waals surface area contributed by atoms with Crippen LogP contribution in [-0.4, -0.2) is 37.0 Å². The molecule has 4 nitrogen and oxygen atoms in total. The summed E-state index contributed by atoms with van der Waals surface area (Å²) in [5.74, 6) is -0.980. The molecule has 0 radical (unpaired) electrons.